The number of halogens is 1. The molecule has 0 saturated heterocycles. The number of hydrogen-bond donors (Lipinski definition) is 1. The van der Waals surface area contributed by atoms with E-state index in [1.807, 2.05) is 12.1 Å². The molecule has 1 rings (SSSR count). The molecule has 0 aliphatic heterocycles. The lowest BCUT2D eigenvalue weighted by Crippen LogP contribution is -2.17. The Kier molecular flexibility index (Phi) is 3.90. The highest BCUT2D eigenvalue weighted by Crippen LogP contribution is 2.20. The van der Waals surface area contributed by atoms with Crippen molar-refractivity contribution in [1.29, 1.82) is 0 Å². The minimum absolute atomic E-state index is 0.0394. The lowest BCUT2D eigenvalue weighted by atomic mass is 10.0. The quantitative estimate of drug-likeness (QED) is 0.886. The van der Waals surface area contributed by atoms with Crippen molar-refractivity contribution >= 4 is 15.9 Å². The van der Waals surface area contributed by atoms with Gasteiger partial charge in [0.2, 0.25) is 0 Å². The lowest BCUT2D eigenvalue weighted by molar-refractivity contribution is 0.180. The molecule has 0 amide bonds. The van der Waals surface area contributed by atoms with Crippen molar-refractivity contribution in [2.24, 2.45) is 5.73 Å². The first-order valence-corrected chi connectivity index (χ1v) is 4.95. The first-order chi connectivity index (χ1) is 6.15. The van der Waals surface area contributed by atoms with E-state index in [1.54, 1.807) is 7.11 Å². The van der Waals surface area contributed by atoms with Gasteiger partial charge < -0.3 is 10.5 Å². The van der Waals surface area contributed by atoms with E-state index in [4.69, 9.17) is 10.5 Å². The van der Waals surface area contributed by atoms with E-state index in [0.29, 0.717) is 6.61 Å². The molecular weight excluding hydrogens is 230 g/mol. The van der Waals surface area contributed by atoms with Crippen LogP contribution in [0.4, 0.5) is 0 Å². The van der Waals surface area contributed by atoms with Crippen molar-refractivity contribution in [2.75, 3.05) is 13.7 Å². The van der Waals surface area contributed by atoms with Crippen molar-refractivity contribution in [3.8, 4) is 0 Å². The summed E-state index contributed by atoms with van der Waals surface area (Å²) in [4.78, 5) is 0. The highest BCUT2D eigenvalue weighted by atomic mass is 79.9. The summed E-state index contributed by atoms with van der Waals surface area (Å²) in [6.45, 7) is 2.61. The van der Waals surface area contributed by atoms with Crippen LogP contribution in [0.15, 0.2) is 22.7 Å². The van der Waals surface area contributed by atoms with Gasteiger partial charge in [0.1, 0.15) is 0 Å². The normalized spacial score (nSPS) is 12.9. The standard InChI is InChI=1S/C10H14BrNO/c1-7-3-4-8(11)5-9(7)10(12)6-13-2/h3-5,10H,6,12H2,1-2H3/t10-/m0/s1. The van der Waals surface area contributed by atoms with E-state index < -0.39 is 0 Å². The maximum Gasteiger partial charge on any atom is 0.0655 e. The number of ether oxygens (including phenoxy) is 1. The molecule has 0 heterocycles. The first kappa shape index (κ1) is 10.7. The van der Waals surface area contributed by atoms with Gasteiger partial charge in [-0.1, -0.05) is 22.0 Å². The molecule has 2 nitrogen and oxygen atoms in total. The smallest absolute Gasteiger partial charge is 0.0655 e. The van der Waals surface area contributed by atoms with Gasteiger partial charge in [0, 0.05) is 11.6 Å². The van der Waals surface area contributed by atoms with E-state index in [9.17, 15) is 0 Å². The molecule has 0 spiro atoms. The molecule has 0 aliphatic rings. The van der Waals surface area contributed by atoms with Crippen molar-refractivity contribution < 1.29 is 4.74 Å². The monoisotopic (exact) mass is 243 g/mol. The fourth-order valence-electron chi connectivity index (χ4n) is 1.28. The first-order valence-electron chi connectivity index (χ1n) is 4.15. The molecule has 0 aliphatic carbocycles. The van der Waals surface area contributed by atoms with Crippen molar-refractivity contribution in [1.82, 2.24) is 0 Å². The molecule has 1 atom stereocenters. The molecule has 13 heavy (non-hydrogen) atoms. The zero-order valence-corrected chi connectivity index (χ0v) is 9.47. The van der Waals surface area contributed by atoms with E-state index in [2.05, 4.69) is 28.9 Å². The fraction of sp³-hybridized carbons (Fsp3) is 0.400. The Morgan fingerprint density at radius 1 is 1.54 bits per heavy atom. The van der Waals surface area contributed by atoms with Gasteiger partial charge in [-0.15, -0.1) is 0 Å². The summed E-state index contributed by atoms with van der Waals surface area (Å²) in [5.74, 6) is 0. The third kappa shape index (κ3) is 2.79. The van der Waals surface area contributed by atoms with Crippen LogP contribution in [0.25, 0.3) is 0 Å². The molecule has 3 heteroatoms. The highest BCUT2D eigenvalue weighted by molar-refractivity contribution is 9.10. The number of hydrogen-bond acceptors (Lipinski definition) is 2. The Hall–Kier alpha value is -0.380. The maximum absolute atomic E-state index is 5.93. The van der Waals surface area contributed by atoms with Crippen LogP contribution in [-0.2, 0) is 4.74 Å². The summed E-state index contributed by atoms with van der Waals surface area (Å²) in [5.41, 5.74) is 8.27. The van der Waals surface area contributed by atoms with Gasteiger partial charge in [0.15, 0.2) is 0 Å². The minimum atomic E-state index is -0.0394. The number of aryl methyl sites for hydroxylation is 1. The predicted molar refractivity (Wildman–Crippen MR) is 57.7 cm³/mol. The molecule has 0 bridgehead atoms. The van der Waals surface area contributed by atoms with Crippen LogP contribution in [0.1, 0.15) is 17.2 Å². The van der Waals surface area contributed by atoms with Crippen LogP contribution in [-0.4, -0.2) is 13.7 Å². The lowest BCUT2D eigenvalue weighted by Gasteiger charge is -2.13. The van der Waals surface area contributed by atoms with Crippen molar-refractivity contribution in [3.63, 3.8) is 0 Å². The van der Waals surface area contributed by atoms with E-state index in [1.165, 1.54) is 5.56 Å². The van der Waals surface area contributed by atoms with E-state index in [-0.39, 0.29) is 6.04 Å². The van der Waals surface area contributed by atoms with Crippen LogP contribution in [0.5, 0.6) is 0 Å². The summed E-state index contributed by atoms with van der Waals surface area (Å²) in [5, 5.41) is 0. The van der Waals surface area contributed by atoms with Crippen LogP contribution in [0.2, 0.25) is 0 Å². The van der Waals surface area contributed by atoms with Gasteiger partial charge >= 0.3 is 0 Å². The molecule has 0 fully saturated rings. The third-order valence-corrected chi connectivity index (χ3v) is 2.48. The summed E-state index contributed by atoms with van der Waals surface area (Å²) < 4.78 is 6.07. The Bertz CT molecular complexity index is 288. The maximum atomic E-state index is 5.93. The Labute approximate surface area is 87.2 Å². The number of rotatable bonds is 3. The molecule has 0 saturated carbocycles. The van der Waals surface area contributed by atoms with Crippen molar-refractivity contribution in [3.05, 3.63) is 33.8 Å². The Morgan fingerprint density at radius 3 is 2.85 bits per heavy atom. The average molecular weight is 244 g/mol. The van der Waals surface area contributed by atoms with Gasteiger partial charge in [-0.3, -0.25) is 0 Å². The van der Waals surface area contributed by atoms with Crippen LogP contribution < -0.4 is 5.73 Å². The molecule has 2 N–H and O–H groups in total. The fourth-order valence-corrected chi connectivity index (χ4v) is 1.66. The third-order valence-electron chi connectivity index (χ3n) is 1.99. The zero-order valence-electron chi connectivity index (χ0n) is 7.88. The minimum Gasteiger partial charge on any atom is -0.383 e. The number of nitrogens with two attached hydrogens (primary N) is 1. The average Bonchev–Trinajstić information content (AvgIpc) is 2.09. The van der Waals surface area contributed by atoms with Gasteiger partial charge in [0.05, 0.1) is 12.6 Å². The van der Waals surface area contributed by atoms with Gasteiger partial charge in [0.25, 0.3) is 0 Å². The summed E-state index contributed by atoms with van der Waals surface area (Å²) in [7, 11) is 1.66. The molecular formula is C10H14BrNO. The van der Waals surface area contributed by atoms with Crippen LogP contribution in [0.3, 0.4) is 0 Å². The second-order valence-electron chi connectivity index (χ2n) is 3.06. The summed E-state index contributed by atoms with van der Waals surface area (Å²) in [6, 6.07) is 6.06. The largest absolute Gasteiger partial charge is 0.383 e. The Morgan fingerprint density at radius 2 is 2.23 bits per heavy atom. The number of benzene rings is 1. The van der Waals surface area contributed by atoms with Gasteiger partial charge in [-0.25, -0.2) is 0 Å². The molecule has 0 unspecified atom stereocenters. The summed E-state index contributed by atoms with van der Waals surface area (Å²) >= 11 is 3.42. The topological polar surface area (TPSA) is 35.2 Å². The highest BCUT2D eigenvalue weighted by Gasteiger charge is 2.08. The second-order valence-corrected chi connectivity index (χ2v) is 3.98. The molecule has 72 valence electrons. The SMILES string of the molecule is COC[C@H](N)c1cc(Br)ccc1C. The second kappa shape index (κ2) is 4.74. The van der Waals surface area contributed by atoms with E-state index >= 15 is 0 Å². The van der Waals surface area contributed by atoms with Gasteiger partial charge in [-0.05, 0) is 30.2 Å². The van der Waals surface area contributed by atoms with Gasteiger partial charge in [-0.2, -0.15) is 0 Å². The molecule has 0 radical (unpaired) electrons. The molecule has 1 aromatic rings. The van der Waals surface area contributed by atoms with Crippen LogP contribution in [0, 0.1) is 6.92 Å². The number of methoxy groups -OCH3 is 1. The predicted octanol–water partition coefficient (Wildman–Crippen LogP) is 2.40. The zero-order chi connectivity index (χ0) is 9.84. The molecule has 1 aromatic carbocycles. The Balaban J connectivity index is 2.91. The molecule has 0 aromatic heterocycles. The van der Waals surface area contributed by atoms with Crippen LogP contribution >= 0.6 is 15.9 Å². The summed E-state index contributed by atoms with van der Waals surface area (Å²) in [6.07, 6.45) is 0. The van der Waals surface area contributed by atoms with E-state index in [0.717, 1.165) is 10.0 Å². The van der Waals surface area contributed by atoms with Crippen molar-refractivity contribution in [2.45, 2.75) is 13.0 Å².